The predicted octanol–water partition coefficient (Wildman–Crippen LogP) is 4.79. The molecule has 2 aromatic carbocycles. The molecular weight excluding hydrogens is 442 g/mol. The lowest BCUT2D eigenvalue weighted by Gasteiger charge is -2.48. The SMILES string of the molecule is Cc1noc(C)c1COc1cc2ccccc2cc1C(=O)NCC1(N2CCOCC2)CCCCC1. The molecule has 1 saturated heterocycles. The zero-order valence-electron chi connectivity index (χ0n) is 20.8. The summed E-state index contributed by atoms with van der Waals surface area (Å²) in [5.74, 6) is 1.21. The normalized spacial score (nSPS) is 18.5. The smallest absolute Gasteiger partial charge is 0.255 e. The summed E-state index contributed by atoms with van der Waals surface area (Å²) in [5, 5.41) is 9.37. The Kier molecular flexibility index (Phi) is 7.07. The van der Waals surface area contributed by atoms with Crippen molar-refractivity contribution in [1.82, 2.24) is 15.4 Å². The largest absolute Gasteiger partial charge is 0.488 e. The Labute approximate surface area is 206 Å². The van der Waals surface area contributed by atoms with Gasteiger partial charge < -0.3 is 19.3 Å². The summed E-state index contributed by atoms with van der Waals surface area (Å²) in [6.45, 7) is 8.11. The molecule has 1 saturated carbocycles. The van der Waals surface area contributed by atoms with Gasteiger partial charge in [-0.1, -0.05) is 48.7 Å². The Bertz CT molecular complexity index is 1160. The number of nitrogens with one attached hydrogen (secondary N) is 1. The number of amides is 1. The number of aromatic nitrogens is 1. The first-order valence-corrected chi connectivity index (χ1v) is 12.7. The molecule has 0 radical (unpaired) electrons. The molecule has 1 N–H and O–H groups in total. The second kappa shape index (κ2) is 10.4. The van der Waals surface area contributed by atoms with Gasteiger partial charge in [0.25, 0.3) is 5.91 Å². The van der Waals surface area contributed by atoms with Crippen molar-refractivity contribution < 1.29 is 18.8 Å². The fourth-order valence-electron chi connectivity index (χ4n) is 5.57. The predicted molar refractivity (Wildman–Crippen MR) is 135 cm³/mol. The molecule has 186 valence electrons. The number of hydrogen-bond acceptors (Lipinski definition) is 6. The summed E-state index contributed by atoms with van der Waals surface area (Å²) in [7, 11) is 0. The average Bonchev–Trinajstić information content (AvgIpc) is 3.23. The van der Waals surface area contributed by atoms with Crippen molar-refractivity contribution in [3.8, 4) is 5.75 Å². The lowest BCUT2D eigenvalue weighted by atomic mass is 9.79. The van der Waals surface area contributed by atoms with E-state index in [4.69, 9.17) is 14.0 Å². The molecule has 7 nitrogen and oxygen atoms in total. The van der Waals surface area contributed by atoms with Crippen LogP contribution < -0.4 is 10.1 Å². The zero-order valence-corrected chi connectivity index (χ0v) is 20.8. The van der Waals surface area contributed by atoms with Crippen molar-refractivity contribution in [3.63, 3.8) is 0 Å². The molecule has 0 bridgehead atoms. The topological polar surface area (TPSA) is 76.8 Å². The molecule has 3 aromatic rings. The summed E-state index contributed by atoms with van der Waals surface area (Å²) < 4.78 is 17.1. The Balaban J connectivity index is 1.39. The Morgan fingerprint density at radius 1 is 1.09 bits per heavy atom. The molecule has 5 rings (SSSR count). The van der Waals surface area contributed by atoms with E-state index in [1.807, 2.05) is 50.2 Å². The number of ether oxygens (including phenoxy) is 2. The van der Waals surface area contributed by atoms with Crippen LogP contribution >= 0.6 is 0 Å². The van der Waals surface area contributed by atoms with E-state index in [-0.39, 0.29) is 11.4 Å². The molecule has 1 aromatic heterocycles. The lowest BCUT2D eigenvalue weighted by molar-refractivity contribution is -0.0361. The van der Waals surface area contributed by atoms with Crippen molar-refractivity contribution in [3.05, 3.63) is 59.0 Å². The summed E-state index contributed by atoms with van der Waals surface area (Å²) >= 11 is 0. The first-order chi connectivity index (χ1) is 17.1. The second-order valence-electron chi connectivity index (χ2n) is 9.85. The zero-order chi connectivity index (χ0) is 24.3. The highest BCUT2D eigenvalue weighted by Gasteiger charge is 2.39. The maximum Gasteiger partial charge on any atom is 0.255 e. The summed E-state index contributed by atoms with van der Waals surface area (Å²) in [6.07, 6.45) is 5.90. The van der Waals surface area contributed by atoms with Crippen LogP contribution in [0.5, 0.6) is 5.75 Å². The molecule has 7 heteroatoms. The van der Waals surface area contributed by atoms with Crippen LogP contribution in [0.25, 0.3) is 10.8 Å². The van der Waals surface area contributed by atoms with E-state index >= 15 is 0 Å². The van der Waals surface area contributed by atoms with Crippen LogP contribution in [0.4, 0.5) is 0 Å². The molecule has 1 amide bonds. The van der Waals surface area contributed by atoms with Gasteiger partial charge in [-0.3, -0.25) is 9.69 Å². The van der Waals surface area contributed by atoms with Crippen LogP contribution in [0, 0.1) is 13.8 Å². The number of carbonyl (C=O) groups excluding carboxylic acids is 1. The van der Waals surface area contributed by atoms with Gasteiger partial charge in [0.15, 0.2) is 0 Å². The van der Waals surface area contributed by atoms with Crippen LogP contribution in [0.1, 0.15) is 59.5 Å². The highest BCUT2D eigenvalue weighted by Crippen LogP contribution is 2.34. The summed E-state index contributed by atoms with van der Waals surface area (Å²) in [6, 6.07) is 11.9. The number of aryl methyl sites for hydroxylation is 2. The van der Waals surface area contributed by atoms with Gasteiger partial charge in [0.05, 0.1) is 30.0 Å². The first kappa shape index (κ1) is 23.8. The number of benzene rings is 2. The van der Waals surface area contributed by atoms with Crippen molar-refractivity contribution in [2.24, 2.45) is 0 Å². The second-order valence-corrected chi connectivity index (χ2v) is 9.85. The van der Waals surface area contributed by atoms with E-state index in [1.165, 1.54) is 19.3 Å². The Morgan fingerprint density at radius 2 is 1.80 bits per heavy atom. The fraction of sp³-hybridized carbons (Fsp3) is 0.500. The van der Waals surface area contributed by atoms with Gasteiger partial charge in [0, 0.05) is 25.2 Å². The minimum Gasteiger partial charge on any atom is -0.488 e. The van der Waals surface area contributed by atoms with Crippen LogP contribution in [0.15, 0.2) is 40.9 Å². The van der Waals surface area contributed by atoms with Gasteiger partial charge in [0.1, 0.15) is 18.1 Å². The van der Waals surface area contributed by atoms with Crippen LogP contribution in [-0.2, 0) is 11.3 Å². The van der Waals surface area contributed by atoms with E-state index < -0.39 is 0 Å². The van der Waals surface area contributed by atoms with E-state index in [0.29, 0.717) is 24.5 Å². The highest BCUT2D eigenvalue weighted by atomic mass is 16.5. The molecule has 1 aliphatic carbocycles. The van der Waals surface area contributed by atoms with E-state index in [0.717, 1.165) is 66.9 Å². The number of carbonyl (C=O) groups is 1. The molecule has 0 unspecified atom stereocenters. The molecular formula is C28H35N3O4. The average molecular weight is 478 g/mol. The number of nitrogens with zero attached hydrogens (tertiary/aromatic N) is 2. The highest BCUT2D eigenvalue weighted by molar-refractivity contribution is 6.01. The first-order valence-electron chi connectivity index (χ1n) is 12.7. The molecule has 2 aliphatic rings. The van der Waals surface area contributed by atoms with Crippen LogP contribution in [-0.4, -0.2) is 54.4 Å². The minimum absolute atomic E-state index is 0.00620. The third-order valence-corrected chi connectivity index (χ3v) is 7.69. The quantitative estimate of drug-likeness (QED) is 0.527. The van der Waals surface area contributed by atoms with E-state index in [1.54, 1.807) is 0 Å². The minimum atomic E-state index is -0.0947. The molecule has 0 atom stereocenters. The van der Waals surface area contributed by atoms with E-state index in [9.17, 15) is 4.79 Å². The van der Waals surface area contributed by atoms with Gasteiger partial charge in [-0.2, -0.15) is 0 Å². The Morgan fingerprint density at radius 3 is 2.49 bits per heavy atom. The summed E-state index contributed by atoms with van der Waals surface area (Å²) in [4.78, 5) is 16.2. The maximum absolute atomic E-state index is 13.6. The third kappa shape index (κ3) is 5.07. The van der Waals surface area contributed by atoms with Crippen molar-refractivity contribution in [2.75, 3.05) is 32.8 Å². The lowest BCUT2D eigenvalue weighted by Crippen LogP contribution is -2.59. The third-order valence-electron chi connectivity index (χ3n) is 7.69. The standard InChI is InChI=1S/C28H35N3O4/c1-20-25(21(2)35-30-20)18-34-26-17-23-9-5-4-8-22(23)16-24(26)27(32)29-19-28(10-6-3-7-11-28)31-12-14-33-15-13-31/h4-5,8-9,16-17H,3,6-7,10-15,18-19H2,1-2H3,(H,29,32). The van der Waals surface area contributed by atoms with Crippen LogP contribution in [0.3, 0.4) is 0 Å². The molecule has 1 aliphatic heterocycles. The van der Waals surface area contributed by atoms with Crippen molar-refractivity contribution in [1.29, 1.82) is 0 Å². The van der Waals surface area contributed by atoms with Crippen molar-refractivity contribution in [2.45, 2.75) is 58.1 Å². The number of hydrogen-bond donors (Lipinski definition) is 1. The Hall–Kier alpha value is -2.90. The fourth-order valence-corrected chi connectivity index (χ4v) is 5.57. The van der Waals surface area contributed by atoms with Gasteiger partial charge in [-0.25, -0.2) is 0 Å². The number of fused-ring (bicyclic) bond motifs is 1. The van der Waals surface area contributed by atoms with Gasteiger partial charge in [-0.05, 0) is 49.6 Å². The van der Waals surface area contributed by atoms with Gasteiger partial charge in [-0.15, -0.1) is 0 Å². The van der Waals surface area contributed by atoms with Gasteiger partial charge in [0.2, 0.25) is 0 Å². The number of morpholine rings is 1. The monoisotopic (exact) mass is 477 g/mol. The molecule has 2 fully saturated rings. The van der Waals surface area contributed by atoms with E-state index in [2.05, 4.69) is 15.4 Å². The molecule has 35 heavy (non-hydrogen) atoms. The number of rotatable bonds is 7. The summed E-state index contributed by atoms with van der Waals surface area (Å²) in [5.41, 5.74) is 2.28. The van der Waals surface area contributed by atoms with Crippen molar-refractivity contribution >= 4 is 16.7 Å². The molecule has 0 spiro atoms. The molecule has 2 heterocycles. The van der Waals surface area contributed by atoms with Crippen LogP contribution in [0.2, 0.25) is 0 Å². The van der Waals surface area contributed by atoms with Gasteiger partial charge >= 0.3 is 0 Å². The maximum atomic E-state index is 13.6.